The molecule has 1 amide bonds. The van der Waals surface area contributed by atoms with Gasteiger partial charge in [-0.15, -0.1) is 10.2 Å². The lowest BCUT2D eigenvalue weighted by molar-refractivity contribution is 0.102. The number of carbonyl (C=O) groups excluding carboxylic acids is 1. The van der Waals surface area contributed by atoms with E-state index >= 15 is 0 Å². The largest absolute Gasteiger partial charge is 0.493 e. The summed E-state index contributed by atoms with van der Waals surface area (Å²) in [5.74, 6) is 0.597. The summed E-state index contributed by atoms with van der Waals surface area (Å²) in [6.07, 6.45) is 6.45. The van der Waals surface area contributed by atoms with E-state index in [9.17, 15) is 4.79 Å². The molecule has 0 saturated carbocycles. The average molecular weight is 451 g/mol. The van der Waals surface area contributed by atoms with E-state index in [4.69, 9.17) is 9.47 Å². The first kappa shape index (κ1) is 22.8. The van der Waals surface area contributed by atoms with Crippen molar-refractivity contribution in [2.24, 2.45) is 9.98 Å². The van der Waals surface area contributed by atoms with Crippen molar-refractivity contribution in [2.45, 2.75) is 13.0 Å². The van der Waals surface area contributed by atoms with Crippen LogP contribution >= 0.6 is 11.3 Å². The Morgan fingerprint density at radius 3 is 2.81 bits per heavy atom. The number of allylic oxidation sites excluding steroid dienone is 1. The first-order valence-electron chi connectivity index (χ1n) is 9.54. The van der Waals surface area contributed by atoms with Crippen LogP contribution in [-0.2, 0) is 0 Å². The normalized spacial score (nSPS) is 12.4. The van der Waals surface area contributed by atoms with E-state index in [1.165, 1.54) is 18.4 Å². The van der Waals surface area contributed by atoms with E-state index in [-0.39, 0.29) is 12.0 Å². The van der Waals surface area contributed by atoms with Crippen molar-refractivity contribution in [1.29, 1.82) is 0 Å². The molecule has 1 aromatic carbocycles. The summed E-state index contributed by atoms with van der Waals surface area (Å²) in [7, 11) is 3.17. The molecule has 0 radical (unpaired) electrons. The molecule has 32 heavy (non-hydrogen) atoms. The van der Waals surface area contributed by atoms with Crippen molar-refractivity contribution in [3.8, 4) is 11.5 Å². The lowest BCUT2D eigenvalue weighted by Gasteiger charge is -2.17. The van der Waals surface area contributed by atoms with E-state index in [2.05, 4.69) is 37.2 Å². The van der Waals surface area contributed by atoms with Gasteiger partial charge in [-0.25, -0.2) is 0 Å². The smallest absolute Gasteiger partial charge is 0.257 e. The molecule has 0 unspecified atom stereocenters. The van der Waals surface area contributed by atoms with Crippen LogP contribution in [0, 0.1) is 0 Å². The number of aliphatic imine (C=N–C) groups is 2. The molecular formula is C22H22N6O3S. The maximum absolute atomic E-state index is 12.7. The first-order valence-corrected chi connectivity index (χ1v) is 10.4. The van der Waals surface area contributed by atoms with Crippen LogP contribution in [0.25, 0.3) is 5.70 Å². The molecule has 10 heteroatoms. The van der Waals surface area contributed by atoms with Gasteiger partial charge in [-0.2, -0.15) is 0 Å². The lowest BCUT2D eigenvalue weighted by Crippen LogP contribution is -2.12. The standard InChI is InChI=1S/C22H22N6O3S/c1-14(16-6-5-10-25-13-16)31-18-8-7-15(12-19(18)30-4)20(29)26-22-28-27-21(32-22)17(24-3)9-11-23-2/h5-14H,3H2,1-2,4H3,(H,26,28,29)/b17-9-,23-11-/t14-/m0/s1. The van der Waals surface area contributed by atoms with Gasteiger partial charge in [0.15, 0.2) is 16.5 Å². The Bertz CT molecular complexity index is 1140. The van der Waals surface area contributed by atoms with Crippen molar-refractivity contribution < 1.29 is 14.3 Å². The molecular weight excluding hydrogens is 428 g/mol. The minimum atomic E-state index is -0.356. The van der Waals surface area contributed by atoms with Gasteiger partial charge in [0.05, 0.1) is 7.11 Å². The fourth-order valence-electron chi connectivity index (χ4n) is 2.66. The summed E-state index contributed by atoms with van der Waals surface area (Å²) < 4.78 is 11.4. The maximum Gasteiger partial charge on any atom is 0.257 e. The minimum absolute atomic E-state index is 0.240. The average Bonchev–Trinajstić information content (AvgIpc) is 3.28. The third-order valence-corrected chi connectivity index (χ3v) is 5.16. The summed E-state index contributed by atoms with van der Waals surface area (Å²) >= 11 is 1.18. The molecule has 0 bridgehead atoms. The SMILES string of the molecule is C=N/C(=C\C=N/C)c1nnc(NC(=O)c2ccc(O[C@@H](C)c3cccnc3)c(OC)c2)s1. The van der Waals surface area contributed by atoms with Gasteiger partial charge in [-0.05, 0) is 44.0 Å². The van der Waals surface area contributed by atoms with Gasteiger partial charge in [-0.3, -0.25) is 25.1 Å². The van der Waals surface area contributed by atoms with Gasteiger partial charge in [0, 0.05) is 36.8 Å². The predicted molar refractivity (Wildman–Crippen MR) is 126 cm³/mol. The summed E-state index contributed by atoms with van der Waals surface area (Å²) in [4.78, 5) is 24.6. The summed E-state index contributed by atoms with van der Waals surface area (Å²) in [5.41, 5.74) is 1.83. The molecule has 0 fully saturated rings. The zero-order valence-corrected chi connectivity index (χ0v) is 18.7. The third-order valence-electron chi connectivity index (χ3n) is 4.30. The van der Waals surface area contributed by atoms with Crippen LogP contribution in [0.2, 0.25) is 0 Å². The number of aromatic nitrogens is 3. The van der Waals surface area contributed by atoms with Crippen molar-refractivity contribution in [3.05, 3.63) is 64.9 Å². The van der Waals surface area contributed by atoms with Crippen LogP contribution in [0.1, 0.15) is 34.0 Å². The Kier molecular flexibility index (Phi) is 7.76. The molecule has 0 saturated heterocycles. The zero-order chi connectivity index (χ0) is 22.9. The molecule has 2 aromatic heterocycles. The molecule has 3 rings (SSSR count). The first-order chi connectivity index (χ1) is 15.5. The molecule has 164 valence electrons. The van der Waals surface area contributed by atoms with Crippen LogP contribution in [0.4, 0.5) is 5.13 Å². The highest BCUT2D eigenvalue weighted by Gasteiger charge is 2.16. The highest BCUT2D eigenvalue weighted by atomic mass is 32.1. The molecule has 0 aliphatic rings. The van der Waals surface area contributed by atoms with Crippen molar-refractivity contribution in [1.82, 2.24) is 15.2 Å². The second-order valence-corrected chi connectivity index (χ2v) is 7.37. The van der Waals surface area contributed by atoms with Gasteiger partial charge >= 0.3 is 0 Å². The number of pyridine rings is 1. The van der Waals surface area contributed by atoms with Crippen LogP contribution in [0.5, 0.6) is 11.5 Å². The van der Waals surface area contributed by atoms with E-state index < -0.39 is 0 Å². The second-order valence-electron chi connectivity index (χ2n) is 6.40. The highest BCUT2D eigenvalue weighted by molar-refractivity contribution is 7.16. The predicted octanol–water partition coefficient (Wildman–Crippen LogP) is 4.08. The number of hydrogen-bond acceptors (Lipinski definition) is 9. The van der Waals surface area contributed by atoms with Gasteiger partial charge in [-0.1, -0.05) is 17.4 Å². The molecule has 2 heterocycles. The van der Waals surface area contributed by atoms with E-state index in [1.54, 1.807) is 49.9 Å². The van der Waals surface area contributed by atoms with Crippen LogP contribution < -0.4 is 14.8 Å². The highest BCUT2D eigenvalue weighted by Crippen LogP contribution is 2.32. The Hall–Kier alpha value is -3.92. The molecule has 0 aliphatic heterocycles. The van der Waals surface area contributed by atoms with E-state index in [0.717, 1.165) is 5.56 Å². The van der Waals surface area contributed by atoms with Crippen molar-refractivity contribution in [3.63, 3.8) is 0 Å². The number of nitrogens with zero attached hydrogens (tertiary/aromatic N) is 5. The summed E-state index contributed by atoms with van der Waals surface area (Å²) in [6.45, 7) is 5.43. The third kappa shape index (κ3) is 5.61. The minimum Gasteiger partial charge on any atom is -0.493 e. The summed E-state index contributed by atoms with van der Waals surface area (Å²) in [5, 5.41) is 11.6. The lowest BCUT2D eigenvalue weighted by atomic mass is 10.1. The van der Waals surface area contributed by atoms with Crippen LogP contribution in [0.3, 0.4) is 0 Å². The van der Waals surface area contributed by atoms with Crippen LogP contribution in [0.15, 0.2) is 58.8 Å². The van der Waals surface area contributed by atoms with E-state index in [0.29, 0.717) is 32.9 Å². The molecule has 3 aromatic rings. The monoisotopic (exact) mass is 450 g/mol. The molecule has 1 atom stereocenters. The number of hydrogen-bond donors (Lipinski definition) is 1. The van der Waals surface area contributed by atoms with Gasteiger partial charge in [0.2, 0.25) is 5.13 Å². The Morgan fingerprint density at radius 1 is 1.28 bits per heavy atom. The molecule has 0 spiro atoms. The number of benzene rings is 1. The van der Waals surface area contributed by atoms with E-state index in [1.807, 2.05) is 19.1 Å². The molecule has 1 N–H and O–H groups in total. The van der Waals surface area contributed by atoms with Gasteiger partial charge < -0.3 is 9.47 Å². The van der Waals surface area contributed by atoms with Crippen molar-refractivity contribution >= 4 is 41.0 Å². The van der Waals surface area contributed by atoms with Gasteiger partial charge in [0.1, 0.15) is 11.8 Å². The number of rotatable bonds is 9. The fourth-order valence-corrected chi connectivity index (χ4v) is 3.39. The number of ether oxygens (including phenoxy) is 2. The molecule has 9 nitrogen and oxygen atoms in total. The van der Waals surface area contributed by atoms with Crippen LogP contribution in [-0.4, -0.2) is 48.2 Å². The Balaban J connectivity index is 1.73. The second kappa shape index (κ2) is 10.9. The number of carbonyl (C=O) groups is 1. The molecule has 0 aliphatic carbocycles. The number of nitrogens with one attached hydrogen (secondary N) is 1. The van der Waals surface area contributed by atoms with Gasteiger partial charge in [0.25, 0.3) is 5.91 Å². The Labute approximate surface area is 189 Å². The number of anilines is 1. The number of methoxy groups -OCH3 is 1. The zero-order valence-electron chi connectivity index (χ0n) is 17.8. The Morgan fingerprint density at radius 2 is 2.12 bits per heavy atom. The fraction of sp³-hybridized carbons (Fsp3) is 0.182. The maximum atomic E-state index is 12.7. The van der Waals surface area contributed by atoms with Crippen molar-refractivity contribution in [2.75, 3.05) is 19.5 Å². The quantitative estimate of drug-likeness (QED) is 0.492. The number of amides is 1. The summed E-state index contributed by atoms with van der Waals surface area (Å²) in [6, 6.07) is 8.73. The topological polar surface area (TPSA) is 111 Å².